The number of esters is 1. The average molecular weight is 237 g/mol. The van der Waals surface area contributed by atoms with Gasteiger partial charge in [-0.05, 0) is 5.56 Å². The van der Waals surface area contributed by atoms with Gasteiger partial charge in [0, 0.05) is 0 Å². The molecule has 0 spiro atoms. The minimum atomic E-state index is -0.515. The molecule has 92 valence electrons. The zero-order chi connectivity index (χ0) is 12.1. The second-order valence-corrected chi connectivity index (χ2v) is 3.91. The number of hydrogen-bond acceptors (Lipinski definition) is 5. The molecule has 0 aromatic heterocycles. The van der Waals surface area contributed by atoms with Crippen LogP contribution in [0.1, 0.15) is 12.0 Å². The van der Waals surface area contributed by atoms with Gasteiger partial charge in [-0.25, -0.2) is 0 Å². The highest BCUT2D eigenvalue weighted by atomic mass is 16.7. The molecule has 0 bridgehead atoms. The molecule has 0 radical (unpaired) electrons. The van der Waals surface area contributed by atoms with Crippen LogP contribution in [-0.4, -0.2) is 29.8 Å². The fourth-order valence-electron chi connectivity index (χ4n) is 1.70. The third kappa shape index (κ3) is 3.26. The Morgan fingerprint density at radius 3 is 2.88 bits per heavy atom. The first kappa shape index (κ1) is 12.0. The van der Waals surface area contributed by atoms with E-state index in [4.69, 9.17) is 14.7 Å². The number of aliphatic hydroxyl groups is 1. The molecule has 1 aromatic carbocycles. The molecule has 1 fully saturated rings. The number of benzene rings is 1. The summed E-state index contributed by atoms with van der Waals surface area (Å²) in [6, 6.07) is 9.40. The lowest BCUT2D eigenvalue weighted by molar-refractivity contribution is -0.143. The van der Waals surface area contributed by atoms with Gasteiger partial charge in [0.05, 0.1) is 25.7 Å². The summed E-state index contributed by atoms with van der Waals surface area (Å²) in [4.78, 5) is 16.3. The van der Waals surface area contributed by atoms with E-state index in [1.54, 1.807) is 0 Å². The summed E-state index contributed by atoms with van der Waals surface area (Å²) in [7, 11) is 0. The molecule has 1 aliphatic heterocycles. The summed E-state index contributed by atoms with van der Waals surface area (Å²) >= 11 is 0. The first-order valence-corrected chi connectivity index (χ1v) is 5.51. The van der Waals surface area contributed by atoms with E-state index in [-0.39, 0.29) is 25.0 Å². The van der Waals surface area contributed by atoms with Crippen LogP contribution in [0.5, 0.6) is 0 Å². The second-order valence-electron chi connectivity index (χ2n) is 3.91. The van der Waals surface area contributed by atoms with Crippen LogP contribution < -0.4 is 5.48 Å². The molecule has 0 aliphatic carbocycles. The van der Waals surface area contributed by atoms with Crippen molar-refractivity contribution >= 4 is 5.97 Å². The molecule has 1 heterocycles. The van der Waals surface area contributed by atoms with Gasteiger partial charge in [-0.15, -0.1) is 0 Å². The van der Waals surface area contributed by atoms with Crippen LogP contribution >= 0.6 is 0 Å². The van der Waals surface area contributed by atoms with Gasteiger partial charge in [0.1, 0.15) is 6.10 Å². The van der Waals surface area contributed by atoms with Crippen molar-refractivity contribution in [3.63, 3.8) is 0 Å². The Bertz CT molecular complexity index is 368. The smallest absolute Gasteiger partial charge is 0.308 e. The highest BCUT2D eigenvalue weighted by Gasteiger charge is 2.34. The van der Waals surface area contributed by atoms with Crippen LogP contribution in [0.2, 0.25) is 0 Å². The summed E-state index contributed by atoms with van der Waals surface area (Å²) in [5.41, 5.74) is 3.79. The van der Waals surface area contributed by atoms with E-state index < -0.39 is 6.10 Å². The molecule has 1 aliphatic rings. The first-order valence-electron chi connectivity index (χ1n) is 5.51. The molecule has 5 nitrogen and oxygen atoms in total. The van der Waals surface area contributed by atoms with Gasteiger partial charge in [-0.3, -0.25) is 9.63 Å². The van der Waals surface area contributed by atoms with E-state index in [0.717, 1.165) is 5.56 Å². The maximum absolute atomic E-state index is 11.0. The Balaban J connectivity index is 1.77. The Hall–Kier alpha value is -1.43. The van der Waals surface area contributed by atoms with Crippen molar-refractivity contribution < 1.29 is 19.5 Å². The monoisotopic (exact) mass is 237 g/mol. The van der Waals surface area contributed by atoms with E-state index >= 15 is 0 Å². The van der Waals surface area contributed by atoms with Gasteiger partial charge >= 0.3 is 5.97 Å². The molecular weight excluding hydrogens is 222 g/mol. The number of carbonyl (C=O) groups is 1. The largest absolute Gasteiger partial charge is 0.458 e. The first-order chi connectivity index (χ1) is 8.29. The molecule has 2 atom stereocenters. The fourth-order valence-corrected chi connectivity index (χ4v) is 1.70. The van der Waals surface area contributed by atoms with Crippen LogP contribution in [0.3, 0.4) is 0 Å². The zero-order valence-electron chi connectivity index (χ0n) is 9.33. The van der Waals surface area contributed by atoms with Crippen LogP contribution in [0.15, 0.2) is 30.3 Å². The summed E-state index contributed by atoms with van der Waals surface area (Å²) in [6.07, 6.45) is -0.293. The third-order valence-electron chi connectivity index (χ3n) is 2.61. The lowest BCUT2D eigenvalue weighted by Crippen LogP contribution is -2.38. The van der Waals surface area contributed by atoms with E-state index in [1.165, 1.54) is 0 Å². The van der Waals surface area contributed by atoms with Crippen LogP contribution in [-0.2, 0) is 21.0 Å². The van der Waals surface area contributed by atoms with Crippen LogP contribution in [0.4, 0.5) is 0 Å². The van der Waals surface area contributed by atoms with Crippen molar-refractivity contribution in [3.8, 4) is 0 Å². The van der Waals surface area contributed by atoms with E-state index in [2.05, 4.69) is 5.48 Å². The molecule has 1 saturated heterocycles. The van der Waals surface area contributed by atoms with Crippen molar-refractivity contribution in [3.05, 3.63) is 35.9 Å². The highest BCUT2D eigenvalue weighted by Crippen LogP contribution is 2.14. The third-order valence-corrected chi connectivity index (χ3v) is 2.61. The van der Waals surface area contributed by atoms with Crippen molar-refractivity contribution in [2.45, 2.75) is 25.2 Å². The number of rotatable bonds is 5. The standard InChI is InChI=1S/C12H15NO4/c14-7-11-10(6-12(15)17-11)13-16-8-9-4-2-1-3-5-9/h1-5,10-11,13-14H,6-8H2/t10-,11-/m1/s1. The quantitative estimate of drug-likeness (QED) is 0.572. The van der Waals surface area contributed by atoms with Gasteiger partial charge in [0.25, 0.3) is 0 Å². The van der Waals surface area contributed by atoms with Gasteiger partial charge in [0.2, 0.25) is 0 Å². The molecule has 0 saturated carbocycles. The Morgan fingerprint density at radius 2 is 2.18 bits per heavy atom. The second kappa shape index (κ2) is 5.77. The molecule has 1 aromatic rings. The van der Waals surface area contributed by atoms with Crippen molar-refractivity contribution in [1.29, 1.82) is 0 Å². The molecule has 17 heavy (non-hydrogen) atoms. The summed E-state index contributed by atoms with van der Waals surface area (Å²) in [6.45, 7) is 0.210. The number of hydrogen-bond donors (Lipinski definition) is 2. The van der Waals surface area contributed by atoms with Gasteiger partial charge < -0.3 is 9.84 Å². The van der Waals surface area contributed by atoms with E-state index in [9.17, 15) is 4.79 Å². The van der Waals surface area contributed by atoms with Gasteiger partial charge in [-0.2, -0.15) is 5.48 Å². The van der Waals surface area contributed by atoms with Gasteiger partial charge in [-0.1, -0.05) is 30.3 Å². The van der Waals surface area contributed by atoms with Gasteiger partial charge in [0.15, 0.2) is 0 Å². The Kier molecular flexibility index (Phi) is 4.08. The highest BCUT2D eigenvalue weighted by molar-refractivity contribution is 5.72. The lowest BCUT2D eigenvalue weighted by atomic mass is 10.1. The predicted octanol–water partition coefficient (Wildman–Crippen LogP) is 0.384. The zero-order valence-corrected chi connectivity index (χ0v) is 9.33. The normalized spacial score (nSPS) is 23.7. The average Bonchev–Trinajstić information content (AvgIpc) is 2.71. The van der Waals surface area contributed by atoms with Crippen LogP contribution in [0.25, 0.3) is 0 Å². The number of carbonyl (C=O) groups excluding carboxylic acids is 1. The number of aliphatic hydroxyl groups excluding tert-OH is 1. The minimum Gasteiger partial charge on any atom is -0.458 e. The molecule has 0 amide bonds. The lowest BCUT2D eigenvalue weighted by Gasteiger charge is -2.16. The molecule has 5 heteroatoms. The summed E-state index contributed by atoms with van der Waals surface area (Å²) in [5, 5.41) is 9.00. The van der Waals surface area contributed by atoms with Crippen molar-refractivity contribution in [2.75, 3.05) is 6.61 Å². The SMILES string of the molecule is O=C1C[C@@H](NOCc2ccccc2)[C@@H](CO)O1. The Labute approximate surface area is 99.3 Å². The van der Waals surface area contributed by atoms with E-state index in [1.807, 2.05) is 30.3 Å². The minimum absolute atomic E-state index is 0.196. The molecule has 2 N–H and O–H groups in total. The summed E-state index contributed by atoms with van der Waals surface area (Å²) < 4.78 is 4.89. The fraction of sp³-hybridized carbons (Fsp3) is 0.417. The van der Waals surface area contributed by atoms with Crippen molar-refractivity contribution in [1.82, 2.24) is 5.48 Å². The molecule has 2 rings (SSSR count). The number of nitrogens with one attached hydrogen (secondary N) is 1. The molecular formula is C12H15NO4. The predicted molar refractivity (Wildman–Crippen MR) is 59.7 cm³/mol. The number of cyclic esters (lactones) is 1. The maximum Gasteiger partial charge on any atom is 0.308 e. The van der Waals surface area contributed by atoms with E-state index in [0.29, 0.717) is 6.61 Å². The number of ether oxygens (including phenoxy) is 1. The molecule has 0 unspecified atom stereocenters. The number of hydroxylamine groups is 1. The maximum atomic E-state index is 11.0. The topological polar surface area (TPSA) is 67.8 Å². The summed E-state index contributed by atoms with van der Waals surface area (Å²) in [5.74, 6) is -0.315. The Morgan fingerprint density at radius 1 is 1.41 bits per heavy atom. The van der Waals surface area contributed by atoms with Crippen molar-refractivity contribution in [2.24, 2.45) is 0 Å². The van der Waals surface area contributed by atoms with Crippen LogP contribution in [0, 0.1) is 0 Å².